The van der Waals surface area contributed by atoms with Crippen molar-refractivity contribution in [2.24, 2.45) is 0 Å². The molecule has 1 amide bonds. The summed E-state index contributed by atoms with van der Waals surface area (Å²) in [6.45, 7) is 3.86. The summed E-state index contributed by atoms with van der Waals surface area (Å²) in [7, 11) is 0. The number of hydrogen-bond acceptors (Lipinski definition) is 6. The van der Waals surface area contributed by atoms with Crippen LogP contribution in [0.15, 0.2) is 66.1 Å². The molecule has 0 saturated heterocycles. The molecule has 0 fully saturated rings. The van der Waals surface area contributed by atoms with Crippen molar-refractivity contribution in [3.05, 3.63) is 88.5 Å². The summed E-state index contributed by atoms with van der Waals surface area (Å²) in [5.74, 6) is 0.0716. The number of rotatable bonds is 6. The van der Waals surface area contributed by atoms with E-state index in [1.54, 1.807) is 23.1 Å². The second kappa shape index (κ2) is 9.28. The van der Waals surface area contributed by atoms with E-state index >= 15 is 0 Å². The van der Waals surface area contributed by atoms with Crippen LogP contribution in [0, 0.1) is 13.8 Å². The maximum Gasteiger partial charge on any atom is 0.278 e. The lowest BCUT2D eigenvalue weighted by atomic mass is 10.2. The van der Waals surface area contributed by atoms with Crippen LogP contribution in [0.5, 0.6) is 0 Å². The Morgan fingerprint density at radius 2 is 1.84 bits per heavy atom. The summed E-state index contributed by atoms with van der Waals surface area (Å²) in [4.78, 5) is 21.6. The summed E-state index contributed by atoms with van der Waals surface area (Å²) < 4.78 is 1.63. The van der Waals surface area contributed by atoms with Crippen LogP contribution in [-0.4, -0.2) is 30.9 Å². The fourth-order valence-corrected chi connectivity index (χ4v) is 3.89. The van der Waals surface area contributed by atoms with Gasteiger partial charge in [0.15, 0.2) is 10.9 Å². The van der Waals surface area contributed by atoms with E-state index < -0.39 is 0 Å². The Balaban J connectivity index is 1.70. The number of nitrogens with one attached hydrogen (secondary N) is 1. The standard InChI is InChI=1S/C22H19ClN6OS/c1-14-8-9-16(12-17(14)23)29-19(13-31-22-24-10-5-11-25-22)20(27-28-29)21(30)26-18-7-4-3-6-15(18)2/h3-12H,13H2,1-2H3,(H,26,30). The van der Waals surface area contributed by atoms with Gasteiger partial charge < -0.3 is 5.32 Å². The van der Waals surface area contributed by atoms with Crippen LogP contribution >= 0.6 is 23.4 Å². The van der Waals surface area contributed by atoms with Crippen molar-refractivity contribution in [1.29, 1.82) is 0 Å². The quantitative estimate of drug-likeness (QED) is 0.333. The Labute approximate surface area is 188 Å². The summed E-state index contributed by atoms with van der Waals surface area (Å²) in [6, 6.07) is 14.9. The minimum atomic E-state index is -0.330. The van der Waals surface area contributed by atoms with Crippen molar-refractivity contribution >= 4 is 35.0 Å². The number of thioether (sulfide) groups is 1. The number of anilines is 1. The third-order valence-electron chi connectivity index (χ3n) is 4.65. The zero-order chi connectivity index (χ0) is 21.8. The van der Waals surface area contributed by atoms with Crippen molar-refractivity contribution < 1.29 is 4.79 Å². The molecule has 2 heterocycles. The molecule has 156 valence electrons. The van der Waals surface area contributed by atoms with Gasteiger partial charge >= 0.3 is 0 Å². The SMILES string of the molecule is Cc1ccc(-n2nnc(C(=O)Nc3ccccc3C)c2CSc2ncccn2)cc1Cl. The van der Waals surface area contributed by atoms with Gasteiger partial charge in [0.1, 0.15) is 0 Å². The van der Waals surface area contributed by atoms with E-state index in [1.807, 2.05) is 56.3 Å². The van der Waals surface area contributed by atoms with Crippen molar-refractivity contribution in [2.45, 2.75) is 24.8 Å². The molecule has 2 aromatic heterocycles. The molecule has 0 aliphatic heterocycles. The normalized spacial score (nSPS) is 10.8. The van der Waals surface area contributed by atoms with Gasteiger partial charge in [0.25, 0.3) is 5.91 Å². The molecule has 1 N–H and O–H groups in total. The van der Waals surface area contributed by atoms with E-state index in [-0.39, 0.29) is 11.6 Å². The summed E-state index contributed by atoms with van der Waals surface area (Å²) >= 11 is 7.72. The van der Waals surface area contributed by atoms with E-state index in [0.29, 0.717) is 21.6 Å². The predicted molar refractivity (Wildman–Crippen MR) is 122 cm³/mol. The first-order valence-electron chi connectivity index (χ1n) is 9.51. The number of carbonyl (C=O) groups excluding carboxylic acids is 1. The zero-order valence-corrected chi connectivity index (χ0v) is 18.5. The average molecular weight is 451 g/mol. The summed E-state index contributed by atoms with van der Waals surface area (Å²) in [6.07, 6.45) is 3.35. The highest BCUT2D eigenvalue weighted by Crippen LogP contribution is 2.26. The maximum atomic E-state index is 13.1. The molecule has 0 aliphatic carbocycles. The van der Waals surface area contributed by atoms with Gasteiger partial charge in [0.05, 0.1) is 11.4 Å². The highest BCUT2D eigenvalue weighted by molar-refractivity contribution is 7.98. The minimum absolute atomic E-state index is 0.239. The lowest BCUT2D eigenvalue weighted by Crippen LogP contribution is -2.16. The van der Waals surface area contributed by atoms with Crippen LogP contribution < -0.4 is 5.32 Å². The molecular formula is C22H19ClN6OS. The van der Waals surface area contributed by atoms with Crippen molar-refractivity contribution in [1.82, 2.24) is 25.0 Å². The molecule has 0 unspecified atom stereocenters. The first kappa shape index (κ1) is 21.0. The van der Waals surface area contributed by atoms with Gasteiger partial charge in [0.2, 0.25) is 0 Å². The highest BCUT2D eigenvalue weighted by Gasteiger charge is 2.22. The number of aryl methyl sites for hydroxylation is 2. The number of benzene rings is 2. The third-order valence-corrected chi connectivity index (χ3v) is 5.95. The van der Waals surface area contributed by atoms with Crippen LogP contribution in [0.4, 0.5) is 5.69 Å². The molecule has 7 nitrogen and oxygen atoms in total. The van der Waals surface area contributed by atoms with Crippen LogP contribution in [0.2, 0.25) is 5.02 Å². The Morgan fingerprint density at radius 1 is 1.06 bits per heavy atom. The molecular weight excluding hydrogens is 432 g/mol. The van der Waals surface area contributed by atoms with Crippen LogP contribution in [0.1, 0.15) is 27.3 Å². The van der Waals surface area contributed by atoms with E-state index in [9.17, 15) is 4.79 Å². The van der Waals surface area contributed by atoms with Crippen LogP contribution in [-0.2, 0) is 5.75 Å². The Morgan fingerprint density at radius 3 is 2.58 bits per heavy atom. The molecule has 0 radical (unpaired) electrons. The van der Waals surface area contributed by atoms with E-state index in [4.69, 9.17) is 11.6 Å². The lowest BCUT2D eigenvalue weighted by Gasteiger charge is -2.10. The van der Waals surface area contributed by atoms with Gasteiger partial charge in [-0.1, -0.05) is 52.8 Å². The monoisotopic (exact) mass is 450 g/mol. The van der Waals surface area contributed by atoms with Gasteiger partial charge in [-0.05, 0) is 49.2 Å². The first-order valence-corrected chi connectivity index (χ1v) is 10.9. The molecule has 0 bridgehead atoms. The summed E-state index contributed by atoms with van der Waals surface area (Å²) in [5.41, 5.74) is 4.23. The number of nitrogens with zero attached hydrogens (tertiary/aromatic N) is 5. The van der Waals surface area contributed by atoms with Crippen LogP contribution in [0.3, 0.4) is 0 Å². The average Bonchev–Trinajstić information content (AvgIpc) is 3.20. The molecule has 2 aromatic carbocycles. The van der Waals surface area contributed by atoms with Crippen molar-refractivity contribution in [3.8, 4) is 5.69 Å². The van der Waals surface area contributed by atoms with Crippen LogP contribution in [0.25, 0.3) is 5.69 Å². The number of halogens is 1. The second-order valence-electron chi connectivity index (χ2n) is 6.82. The van der Waals surface area contributed by atoms with Crippen molar-refractivity contribution in [3.63, 3.8) is 0 Å². The molecule has 4 rings (SSSR count). The number of amides is 1. The third kappa shape index (κ3) is 4.76. The Hall–Kier alpha value is -3.23. The molecule has 4 aromatic rings. The second-order valence-corrected chi connectivity index (χ2v) is 8.17. The fourth-order valence-electron chi connectivity index (χ4n) is 2.92. The lowest BCUT2D eigenvalue weighted by molar-refractivity contribution is 0.102. The zero-order valence-electron chi connectivity index (χ0n) is 16.9. The molecule has 0 aliphatic rings. The Kier molecular flexibility index (Phi) is 6.29. The topological polar surface area (TPSA) is 85.6 Å². The van der Waals surface area contributed by atoms with Crippen molar-refractivity contribution in [2.75, 3.05) is 5.32 Å². The summed E-state index contributed by atoms with van der Waals surface area (Å²) in [5, 5.41) is 12.6. The molecule has 31 heavy (non-hydrogen) atoms. The van der Waals surface area contributed by atoms with Gasteiger partial charge in [0, 0.05) is 28.9 Å². The van der Waals surface area contributed by atoms with Gasteiger partial charge in [-0.25, -0.2) is 14.6 Å². The Bertz CT molecular complexity index is 1230. The first-order chi connectivity index (χ1) is 15.0. The van der Waals surface area contributed by atoms with E-state index in [1.165, 1.54) is 11.8 Å². The minimum Gasteiger partial charge on any atom is -0.320 e. The maximum absolute atomic E-state index is 13.1. The highest BCUT2D eigenvalue weighted by atomic mass is 35.5. The van der Waals surface area contributed by atoms with Gasteiger partial charge in [-0.2, -0.15) is 0 Å². The molecule has 0 saturated carbocycles. The van der Waals surface area contributed by atoms with E-state index in [2.05, 4.69) is 25.6 Å². The number of aromatic nitrogens is 5. The number of hydrogen-bond donors (Lipinski definition) is 1. The molecule has 0 spiro atoms. The number of para-hydroxylation sites is 1. The smallest absolute Gasteiger partial charge is 0.278 e. The number of carbonyl (C=O) groups is 1. The van der Waals surface area contributed by atoms with Gasteiger partial charge in [-0.3, -0.25) is 4.79 Å². The predicted octanol–water partition coefficient (Wildman–Crippen LogP) is 4.87. The fraction of sp³-hybridized carbons (Fsp3) is 0.136. The molecule has 0 atom stereocenters. The van der Waals surface area contributed by atoms with Gasteiger partial charge in [-0.15, -0.1) is 5.10 Å². The largest absolute Gasteiger partial charge is 0.320 e. The van der Waals surface area contributed by atoms with E-state index in [0.717, 1.165) is 22.5 Å². The molecule has 9 heteroatoms.